The van der Waals surface area contributed by atoms with Gasteiger partial charge >= 0.3 is 0 Å². The van der Waals surface area contributed by atoms with E-state index in [0.717, 1.165) is 24.4 Å². The van der Waals surface area contributed by atoms with Crippen LogP contribution in [0.1, 0.15) is 39.0 Å². The molecule has 108 valence electrons. The summed E-state index contributed by atoms with van der Waals surface area (Å²) in [5, 5.41) is 0. The second-order valence-electron chi connectivity index (χ2n) is 5.34. The minimum absolute atomic E-state index is 0.534. The third kappa shape index (κ3) is 5.68. The van der Waals surface area contributed by atoms with Crippen molar-refractivity contribution in [2.45, 2.75) is 52.9 Å². The average Bonchev–Trinajstić information content (AvgIpc) is 2.38. The monoisotopic (exact) mass is 265 g/mol. The Hall–Kier alpha value is -0.970. The van der Waals surface area contributed by atoms with E-state index in [9.17, 15) is 0 Å². The van der Waals surface area contributed by atoms with E-state index in [1.54, 1.807) is 0 Å². The molecule has 0 amide bonds. The lowest BCUT2D eigenvalue weighted by atomic mass is 10.2. The Balaban J connectivity index is 2.29. The molecule has 1 heterocycles. The number of hydrogen-bond acceptors (Lipinski definition) is 4. The summed E-state index contributed by atoms with van der Waals surface area (Å²) >= 11 is 0. The third-order valence-corrected chi connectivity index (χ3v) is 3.19. The van der Waals surface area contributed by atoms with Crippen LogP contribution in [-0.2, 0) is 17.9 Å². The standard InChI is InChI=1S/C15H27N3O/c1-12(2)18(13(3)4)7-8-19-11-15-6-5-14(9-16)10-17-15/h5-6,10,12-13H,7-9,11,16H2,1-4H3. The van der Waals surface area contributed by atoms with Crippen LogP contribution >= 0.6 is 0 Å². The van der Waals surface area contributed by atoms with Gasteiger partial charge in [-0.3, -0.25) is 9.88 Å². The Morgan fingerprint density at radius 1 is 1.21 bits per heavy atom. The van der Waals surface area contributed by atoms with Crippen LogP contribution in [0.4, 0.5) is 0 Å². The Bertz CT molecular complexity index is 341. The molecular formula is C15H27N3O. The Kier molecular flexibility index (Phi) is 6.99. The molecular weight excluding hydrogens is 238 g/mol. The summed E-state index contributed by atoms with van der Waals surface area (Å²) in [6.45, 7) is 11.6. The van der Waals surface area contributed by atoms with Crippen molar-refractivity contribution >= 4 is 0 Å². The predicted molar refractivity (Wildman–Crippen MR) is 78.8 cm³/mol. The van der Waals surface area contributed by atoms with Gasteiger partial charge in [-0.2, -0.15) is 0 Å². The summed E-state index contributed by atoms with van der Waals surface area (Å²) < 4.78 is 5.69. The molecule has 0 aliphatic carbocycles. The minimum Gasteiger partial charge on any atom is -0.374 e. The van der Waals surface area contributed by atoms with Crippen molar-refractivity contribution in [2.24, 2.45) is 5.73 Å². The van der Waals surface area contributed by atoms with Crippen molar-refractivity contribution in [3.05, 3.63) is 29.6 Å². The maximum atomic E-state index is 5.69. The summed E-state index contributed by atoms with van der Waals surface area (Å²) in [5.41, 5.74) is 7.54. The van der Waals surface area contributed by atoms with E-state index in [1.165, 1.54) is 0 Å². The Morgan fingerprint density at radius 3 is 2.37 bits per heavy atom. The highest BCUT2D eigenvalue weighted by Gasteiger charge is 2.12. The zero-order chi connectivity index (χ0) is 14.3. The summed E-state index contributed by atoms with van der Waals surface area (Å²) in [6.07, 6.45) is 1.81. The third-order valence-electron chi connectivity index (χ3n) is 3.19. The van der Waals surface area contributed by atoms with Crippen molar-refractivity contribution in [1.82, 2.24) is 9.88 Å². The first kappa shape index (κ1) is 16.1. The molecule has 0 saturated heterocycles. The first-order valence-corrected chi connectivity index (χ1v) is 7.02. The van der Waals surface area contributed by atoms with Crippen LogP contribution in [0.15, 0.2) is 18.3 Å². The van der Waals surface area contributed by atoms with Crippen molar-refractivity contribution in [2.75, 3.05) is 13.2 Å². The zero-order valence-corrected chi connectivity index (χ0v) is 12.6. The number of rotatable bonds is 8. The van der Waals surface area contributed by atoms with Gasteiger partial charge in [0.25, 0.3) is 0 Å². The number of hydrogen-bond donors (Lipinski definition) is 1. The van der Waals surface area contributed by atoms with E-state index in [1.807, 2.05) is 18.3 Å². The van der Waals surface area contributed by atoms with E-state index in [-0.39, 0.29) is 0 Å². The van der Waals surface area contributed by atoms with Crippen LogP contribution in [-0.4, -0.2) is 35.1 Å². The molecule has 4 heteroatoms. The second-order valence-corrected chi connectivity index (χ2v) is 5.34. The van der Waals surface area contributed by atoms with Gasteiger partial charge in [-0.15, -0.1) is 0 Å². The maximum absolute atomic E-state index is 5.69. The Morgan fingerprint density at radius 2 is 1.89 bits per heavy atom. The predicted octanol–water partition coefficient (Wildman–Crippen LogP) is 2.18. The molecule has 0 saturated carbocycles. The maximum Gasteiger partial charge on any atom is 0.0888 e. The molecule has 1 aromatic rings. The summed E-state index contributed by atoms with van der Waals surface area (Å²) in [7, 11) is 0. The number of aromatic nitrogens is 1. The fourth-order valence-corrected chi connectivity index (χ4v) is 2.12. The topological polar surface area (TPSA) is 51.4 Å². The van der Waals surface area contributed by atoms with E-state index < -0.39 is 0 Å². The normalized spacial score (nSPS) is 11.8. The van der Waals surface area contributed by atoms with Crippen LogP contribution < -0.4 is 5.73 Å². The van der Waals surface area contributed by atoms with E-state index in [0.29, 0.717) is 25.2 Å². The molecule has 1 aromatic heterocycles. The number of nitrogens with two attached hydrogens (primary N) is 1. The van der Waals surface area contributed by atoms with Gasteiger partial charge in [0.2, 0.25) is 0 Å². The van der Waals surface area contributed by atoms with Crippen molar-refractivity contribution < 1.29 is 4.74 Å². The Labute approximate surface area is 117 Å². The highest BCUT2D eigenvalue weighted by molar-refractivity contribution is 5.13. The van der Waals surface area contributed by atoms with Gasteiger partial charge < -0.3 is 10.5 Å². The van der Waals surface area contributed by atoms with Gasteiger partial charge in [-0.1, -0.05) is 6.07 Å². The molecule has 19 heavy (non-hydrogen) atoms. The fourth-order valence-electron chi connectivity index (χ4n) is 2.12. The van der Waals surface area contributed by atoms with Crippen molar-refractivity contribution in [3.8, 4) is 0 Å². The molecule has 0 aromatic carbocycles. The first-order valence-electron chi connectivity index (χ1n) is 7.02. The van der Waals surface area contributed by atoms with Gasteiger partial charge in [-0.05, 0) is 39.3 Å². The SMILES string of the molecule is CC(C)N(CCOCc1ccc(CN)cn1)C(C)C. The molecule has 2 N–H and O–H groups in total. The van der Waals surface area contributed by atoms with Gasteiger partial charge in [0.1, 0.15) is 0 Å². The van der Waals surface area contributed by atoms with E-state index >= 15 is 0 Å². The van der Waals surface area contributed by atoms with Gasteiger partial charge in [-0.25, -0.2) is 0 Å². The quantitative estimate of drug-likeness (QED) is 0.732. The lowest BCUT2D eigenvalue weighted by Gasteiger charge is -2.30. The average molecular weight is 265 g/mol. The summed E-state index contributed by atoms with van der Waals surface area (Å²) in [6, 6.07) is 5.07. The highest BCUT2D eigenvalue weighted by atomic mass is 16.5. The number of nitrogens with zero attached hydrogens (tertiary/aromatic N) is 2. The van der Waals surface area contributed by atoms with Crippen LogP contribution in [0.2, 0.25) is 0 Å². The van der Waals surface area contributed by atoms with Gasteiger partial charge in [0.05, 0.1) is 18.9 Å². The summed E-state index contributed by atoms with van der Waals surface area (Å²) in [5.74, 6) is 0. The lowest BCUT2D eigenvalue weighted by molar-refractivity contribution is 0.0685. The summed E-state index contributed by atoms with van der Waals surface area (Å²) in [4.78, 5) is 6.74. The van der Waals surface area contributed by atoms with Gasteiger partial charge in [0.15, 0.2) is 0 Å². The minimum atomic E-state index is 0.534. The second kappa shape index (κ2) is 8.25. The van der Waals surface area contributed by atoms with Gasteiger partial charge in [0, 0.05) is 31.4 Å². The highest BCUT2D eigenvalue weighted by Crippen LogP contribution is 2.05. The number of pyridine rings is 1. The van der Waals surface area contributed by atoms with Crippen molar-refractivity contribution in [3.63, 3.8) is 0 Å². The van der Waals surface area contributed by atoms with Crippen molar-refractivity contribution in [1.29, 1.82) is 0 Å². The largest absolute Gasteiger partial charge is 0.374 e. The molecule has 4 nitrogen and oxygen atoms in total. The molecule has 0 spiro atoms. The smallest absolute Gasteiger partial charge is 0.0888 e. The van der Waals surface area contributed by atoms with Crippen LogP contribution in [0, 0.1) is 0 Å². The van der Waals surface area contributed by atoms with E-state index in [4.69, 9.17) is 10.5 Å². The molecule has 0 unspecified atom stereocenters. The zero-order valence-electron chi connectivity index (χ0n) is 12.6. The molecule has 0 aliphatic rings. The van der Waals surface area contributed by atoms with Crippen LogP contribution in [0.3, 0.4) is 0 Å². The first-order chi connectivity index (χ1) is 9.04. The molecule has 0 fully saturated rings. The lowest BCUT2D eigenvalue weighted by Crippen LogP contribution is -2.39. The molecule has 0 aliphatic heterocycles. The fraction of sp³-hybridized carbons (Fsp3) is 0.667. The molecule has 0 atom stereocenters. The number of ether oxygens (including phenoxy) is 1. The molecule has 1 rings (SSSR count). The molecule has 0 bridgehead atoms. The molecule has 0 radical (unpaired) electrons. The van der Waals surface area contributed by atoms with Crippen LogP contribution in [0.25, 0.3) is 0 Å². The van der Waals surface area contributed by atoms with E-state index in [2.05, 4.69) is 37.6 Å². The van der Waals surface area contributed by atoms with Crippen LogP contribution in [0.5, 0.6) is 0 Å².